The maximum Gasteiger partial charge on any atom is 0.0233 e. The lowest BCUT2D eigenvalue weighted by Crippen LogP contribution is -2.28. The average molecular weight is 232 g/mol. The quantitative estimate of drug-likeness (QED) is 0.861. The molecule has 1 fully saturated rings. The molecule has 17 heavy (non-hydrogen) atoms. The molecule has 1 saturated heterocycles. The van der Waals surface area contributed by atoms with E-state index >= 15 is 0 Å². The Hall–Kier alpha value is -0.860. The number of hydrogen-bond acceptors (Lipinski definition) is 2. The number of aryl methyl sites for hydroxylation is 1. The van der Waals surface area contributed by atoms with E-state index in [0.29, 0.717) is 0 Å². The second-order valence-electron chi connectivity index (χ2n) is 5.18. The molecule has 1 heterocycles. The van der Waals surface area contributed by atoms with Crippen molar-refractivity contribution >= 4 is 0 Å². The Kier molecular flexibility index (Phi) is 4.57. The van der Waals surface area contributed by atoms with Crippen molar-refractivity contribution in [2.45, 2.75) is 38.8 Å². The minimum Gasteiger partial charge on any atom is -0.317 e. The zero-order chi connectivity index (χ0) is 12.1. The molecule has 0 aliphatic carbocycles. The van der Waals surface area contributed by atoms with E-state index in [1.54, 1.807) is 0 Å². The zero-order valence-electron chi connectivity index (χ0n) is 11.1. The Bertz CT molecular complexity index is 331. The van der Waals surface area contributed by atoms with Crippen LogP contribution < -0.4 is 5.32 Å². The van der Waals surface area contributed by atoms with Crippen LogP contribution in [0.15, 0.2) is 24.3 Å². The fourth-order valence-electron chi connectivity index (χ4n) is 2.55. The summed E-state index contributed by atoms with van der Waals surface area (Å²) in [6, 6.07) is 9.66. The highest BCUT2D eigenvalue weighted by atomic mass is 15.1. The molecule has 1 unspecified atom stereocenters. The van der Waals surface area contributed by atoms with Gasteiger partial charge >= 0.3 is 0 Å². The molecular weight excluding hydrogens is 208 g/mol. The van der Waals surface area contributed by atoms with Gasteiger partial charge in [-0.3, -0.25) is 4.90 Å². The lowest BCUT2D eigenvalue weighted by atomic mass is 10.1. The average Bonchev–Trinajstić information content (AvgIpc) is 2.57. The molecule has 1 aromatic carbocycles. The summed E-state index contributed by atoms with van der Waals surface area (Å²) in [7, 11) is 2.08. The van der Waals surface area contributed by atoms with E-state index in [4.69, 9.17) is 0 Å². The Morgan fingerprint density at radius 2 is 1.94 bits per heavy atom. The van der Waals surface area contributed by atoms with Gasteiger partial charge in [0.2, 0.25) is 0 Å². The Morgan fingerprint density at radius 1 is 1.18 bits per heavy atom. The van der Waals surface area contributed by atoms with Gasteiger partial charge in [-0.25, -0.2) is 0 Å². The molecule has 0 bridgehead atoms. The van der Waals surface area contributed by atoms with Crippen molar-refractivity contribution in [3.8, 4) is 0 Å². The van der Waals surface area contributed by atoms with E-state index in [-0.39, 0.29) is 0 Å². The number of nitrogens with one attached hydrogen (secondary N) is 1. The Labute approximate surface area is 105 Å². The molecule has 2 rings (SSSR count). The van der Waals surface area contributed by atoms with Gasteiger partial charge in [0, 0.05) is 12.6 Å². The van der Waals surface area contributed by atoms with Gasteiger partial charge in [0.25, 0.3) is 0 Å². The van der Waals surface area contributed by atoms with E-state index in [1.807, 2.05) is 0 Å². The molecule has 0 saturated carbocycles. The summed E-state index contributed by atoms with van der Waals surface area (Å²) < 4.78 is 0. The van der Waals surface area contributed by atoms with Crippen LogP contribution in [0.5, 0.6) is 0 Å². The van der Waals surface area contributed by atoms with Crippen LogP contribution >= 0.6 is 0 Å². The highest BCUT2D eigenvalue weighted by molar-refractivity contribution is 5.21. The van der Waals surface area contributed by atoms with Gasteiger partial charge in [0.1, 0.15) is 0 Å². The van der Waals surface area contributed by atoms with E-state index < -0.39 is 0 Å². The molecule has 1 aliphatic rings. The predicted octanol–water partition coefficient (Wildman–Crippen LogP) is 2.57. The molecule has 1 aliphatic heterocycles. The second-order valence-corrected chi connectivity index (χ2v) is 5.18. The van der Waals surface area contributed by atoms with E-state index in [0.717, 1.165) is 12.6 Å². The number of benzene rings is 1. The van der Waals surface area contributed by atoms with Crippen molar-refractivity contribution in [2.75, 3.05) is 20.1 Å². The van der Waals surface area contributed by atoms with Crippen LogP contribution in [0.25, 0.3) is 0 Å². The molecule has 94 valence electrons. The molecule has 1 atom stereocenters. The summed E-state index contributed by atoms with van der Waals surface area (Å²) in [6.07, 6.45) is 3.92. The Balaban J connectivity index is 1.88. The number of likely N-dealkylation sites (tertiary alicyclic amines) is 1. The van der Waals surface area contributed by atoms with Crippen LogP contribution in [0.4, 0.5) is 0 Å². The van der Waals surface area contributed by atoms with Crippen LogP contribution in [-0.2, 0) is 6.54 Å². The smallest absolute Gasteiger partial charge is 0.0233 e. The zero-order valence-corrected chi connectivity index (χ0v) is 11.1. The van der Waals surface area contributed by atoms with Crippen LogP contribution in [0.3, 0.4) is 0 Å². The molecule has 1 N–H and O–H groups in total. The first-order chi connectivity index (χ1) is 8.28. The monoisotopic (exact) mass is 232 g/mol. The third-order valence-corrected chi connectivity index (χ3v) is 3.76. The van der Waals surface area contributed by atoms with Gasteiger partial charge in [0.05, 0.1) is 0 Å². The molecule has 2 nitrogen and oxygen atoms in total. The normalized spacial score (nSPS) is 22.4. The number of rotatable bonds is 3. The summed E-state index contributed by atoms with van der Waals surface area (Å²) in [4.78, 5) is 2.59. The van der Waals surface area contributed by atoms with Crippen LogP contribution in [-0.4, -0.2) is 31.1 Å². The molecule has 0 aromatic heterocycles. The first-order valence-electron chi connectivity index (χ1n) is 6.73. The minimum absolute atomic E-state index is 0.720. The predicted molar refractivity (Wildman–Crippen MR) is 73.2 cm³/mol. The minimum atomic E-state index is 0.720. The van der Waals surface area contributed by atoms with Crippen molar-refractivity contribution in [3.63, 3.8) is 0 Å². The van der Waals surface area contributed by atoms with Gasteiger partial charge in [-0.1, -0.05) is 29.8 Å². The third kappa shape index (κ3) is 3.83. The van der Waals surface area contributed by atoms with Crippen molar-refractivity contribution in [2.24, 2.45) is 0 Å². The lowest BCUT2D eigenvalue weighted by molar-refractivity contribution is 0.274. The molecule has 2 heteroatoms. The number of nitrogens with zero attached hydrogens (tertiary/aromatic N) is 1. The maximum absolute atomic E-state index is 3.41. The SMILES string of the molecule is CNC1CCCN(Cc2ccc(C)cc2)CC1. The van der Waals surface area contributed by atoms with Gasteiger partial charge in [0.15, 0.2) is 0 Å². The van der Waals surface area contributed by atoms with Crippen LogP contribution in [0.2, 0.25) is 0 Å². The highest BCUT2D eigenvalue weighted by Gasteiger charge is 2.15. The summed E-state index contributed by atoms with van der Waals surface area (Å²) in [5, 5.41) is 3.41. The van der Waals surface area contributed by atoms with E-state index in [1.165, 1.54) is 43.5 Å². The maximum atomic E-state index is 3.41. The fraction of sp³-hybridized carbons (Fsp3) is 0.600. The molecular formula is C15H24N2. The van der Waals surface area contributed by atoms with Gasteiger partial charge < -0.3 is 5.32 Å². The Morgan fingerprint density at radius 3 is 2.65 bits per heavy atom. The summed E-state index contributed by atoms with van der Waals surface area (Å²) in [5.41, 5.74) is 2.79. The van der Waals surface area contributed by atoms with Crippen LogP contribution in [0.1, 0.15) is 30.4 Å². The number of hydrogen-bond donors (Lipinski definition) is 1. The molecule has 0 amide bonds. The summed E-state index contributed by atoms with van der Waals surface area (Å²) >= 11 is 0. The van der Waals surface area contributed by atoms with Crippen molar-refractivity contribution in [1.82, 2.24) is 10.2 Å². The van der Waals surface area contributed by atoms with Crippen molar-refractivity contribution in [3.05, 3.63) is 35.4 Å². The molecule has 0 radical (unpaired) electrons. The van der Waals surface area contributed by atoms with Gasteiger partial charge in [-0.05, 0) is 51.9 Å². The molecule has 1 aromatic rings. The lowest BCUT2D eigenvalue weighted by Gasteiger charge is -2.20. The third-order valence-electron chi connectivity index (χ3n) is 3.76. The van der Waals surface area contributed by atoms with E-state index in [9.17, 15) is 0 Å². The first-order valence-corrected chi connectivity index (χ1v) is 6.73. The second kappa shape index (κ2) is 6.18. The summed E-state index contributed by atoms with van der Waals surface area (Å²) in [6.45, 7) is 5.72. The fourth-order valence-corrected chi connectivity index (χ4v) is 2.55. The van der Waals surface area contributed by atoms with Crippen molar-refractivity contribution < 1.29 is 0 Å². The molecule has 0 spiro atoms. The summed E-state index contributed by atoms with van der Waals surface area (Å²) in [5.74, 6) is 0. The van der Waals surface area contributed by atoms with Crippen molar-refractivity contribution in [1.29, 1.82) is 0 Å². The largest absolute Gasteiger partial charge is 0.317 e. The van der Waals surface area contributed by atoms with Gasteiger partial charge in [-0.2, -0.15) is 0 Å². The topological polar surface area (TPSA) is 15.3 Å². The van der Waals surface area contributed by atoms with E-state index in [2.05, 4.69) is 48.5 Å². The van der Waals surface area contributed by atoms with Gasteiger partial charge in [-0.15, -0.1) is 0 Å². The first kappa shape index (κ1) is 12.6. The highest BCUT2D eigenvalue weighted by Crippen LogP contribution is 2.14. The standard InChI is InChI=1S/C15H24N2/c1-13-5-7-14(8-6-13)12-17-10-3-4-15(16-2)9-11-17/h5-8,15-16H,3-4,9-12H2,1-2H3. The van der Waals surface area contributed by atoms with Crippen LogP contribution in [0, 0.1) is 6.92 Å².